The Morgan fingerprint density at radius 1 is 1.04 bits per heavy atom. The average molecular weight is 416 g/mol. The van der Waals surface area contributed by atoms with Gasteiger partial charge < -0.3 is 0 Å². The van der Waals surface area contributed by atoms with E-state index in [1.807, 2.05) is 35.4 Å². The lowest BCUT2D eigenvalue weighted by Gasteiger charge is -2.21. The maximum Gasteiger partial charge on any atom is 0.123 e. The van der Waals surface area contributed by atoms with Crippen LogP contribution in [0.4, 0.5) is 5.69 Å². The van der Waals surface area contributed by atoms with Crippen molar-refractivity contribution in [2.75, 3.05) is 5.12 Å². The van der Waals surface area contributed by atoms with Gasteiger partial charge in [-0.05, 0) is 37.6 Å². The molecule has 1 aromatic heterocycles. The fourth-order valence-electron chi connectivity index (χ4n) is 2.71. The summed E-state index contributed by atoms with van der Waals surface area (Å²) in [7, 11) is 0. The van der Waals surface area contributed by atoms with Gasteiger partial charge in [-0.3, -0.25) is 0 Å². The van der Waals surface area contributed by atoms with E-state index < -0.39 is 0 Å². The Balaban J connectivity index is 1.59. The van der Waals surface area contributed by atoms with Crippen molar-refractivity contribution in [2.24, 2.45) is 0 Å². The molecule has 25 heavy (non-hydrogen) atoms. The second-order valence-corrected chi connectivity index (χ2v) is 7.76. The number of rotatable bonds is 3. The summed E-state index contributed by atoms with van der Waals surface area (Å²) in [5.74, 6) is 0. The van der Waals surface area contributed by atoms with Crippen molar-refractivity contribution in [1.82, 2.24) is 20.0 Å². The minimum Gasteiger partial charge on any atom is -0.241 e. The quantitative estimate of drug-likeness (QED) is 0.617. The van der Waals surface area contributed by atoms with Crippen LogP contribution in [0.1, 0.15) is 22.3 Å². The second-order valence-electron chi connectivity index (χ2n) is 5.88. The fourth-order valence-corrected chi connectivity index (χ4v) is 4.10. The van der Waals surface area contributed by atoms with Crippen LogP contribution in [0.25, 0.3) is 10.6 Å². The predicted octanol–water partition coefficient (Wildman–Crippen LogP) is 4.48. The first-order chi connectivity index (χ1) is 12.1. The number of hydrogen-bond donors (Lipinski definition) is 2. The van der Waals surface area contributed by atoms with Crippen molar-refractivity contribution in [3.63, 3.8) is 0 Å². The summed E-state index contributed by atoms with van der Waals surface area (Å²) in [6, 6.07) is 18.6. The van der Waals surface area contributed by atoms with E-state index in [0.29, 0.717) is 0 Å². The van der Waals surface area contributed by atoms with Gasteiger partial charge in [-0.2, -0.15) is 5.43 Å². The molecule has 3 aromatic rings. The summed E-state index contributed by atoms with van der Waals surface area (Å²) >= 11 is 5.27. The summed E-state index contributed by atoms with van der Waals surface area (Å²) in [5.41, 5.74) is 11.2. The lowest BCUT2D eigenvalue weighted by molar-refractivity contribution is 0.412. The average Bonchev–Trinajstić information content (AvgIpc) is 3.19. The Kier molecular flexibility index (Phi) is 4.58. The summed E-state index contributed by atoms with van der Waals surface area (Å²) in [6.07, 6.45) is -0.0401. The van der Waals surface area contributed by atoms with Gasteiger partial charge in [0.05, 0.1) is 27.5 Å². The summed E-state index contributed by atoms with van der Waals surface area (Å²) in [4.78, 5) is 5.94. The van der Waals surface area contributed by atoms with Crippen LogP contribution in [0.2, 0.25) is 0 Å². The van der Waals surface area contributed by atoms with Crippen LogP contribution in [0.3, 0.4) is 0 Å². The Bertz CT molecular complexity index is 863. The molecule has 2 heterocycles. The summed E-state index contributed by atoms with van der Waals surface area (Å²) in [5, 5.41) is 2.99. The lowest BCUT2D eigenvalue weighted by atomic mass is 10.1. The van der Waals surface area contributed by atoms with E-state index in [2.05, 4.69) is 70.1 Å². The zero-order valence-corrected chi connectivity index (χ0v) is 16.3. The molecule has 0 aliphatic carbocycles. The molecule has 1 unspecified atom stereocenters. The third kappa shape index (κ3) is 3.33. The topological polar surface area (TPSA) is 43.4 Å². The number of aromatic nitrogens is 1. The van der Waals surface area contributed by atoms with Crippen LogP contribution in [0.15, 0.2) is 54.6 Å². The molecule has 0 amide bonds. The van der Waals surface area contributed by atoms with Gasteiger partial charge in [0.15, 0.2) is 0 Å². The van der Waals surface area contributed by atoms with E-state index in [-0.39, 0.29) is 6.17 Å². The third-order valence-corrected chi connectivity index (χ3v) is 5.80. The molecular formula is C18H18BrN5S. The van der Waals surface area contributed by atoms with Crippen LogP contribution in [0, 0.1) is 13.8 Å². The Morgan fingerprint density at radius 2 is 1.84 bits per heavy atom. The summed E-state index contributed by atoms with van der Waals surface area (Å²) in [6.45, 7) is 4.17. The van der Waals surface area contributed by atoms with Crippen LogP contribution in [-0.2, 0) is 0 Å². The van der Waals surface area contributed by atoms with Crippen LogP contribution in [-0.4, -0.2) is 9.13 Å². The van der Waals surface area contributed by atoms with E-state index in [1.165, 1.54) is 4.88 Å². The van der Waals surface area contributed by atoms with Gasteiger partial charge in [-0.1, -0.05) is 40.5 Å². The number of aryl methyl sites for hydroxylation is 2. The van der Waals surface area contributed by atoms with Crippen LogP contribution in [0.5, 0.6) is 0 Å². The maximum atomic E-state index is 4.67. The number of hydrazine groups is 3. The Hall–Kier alpha value is -1.77. The third-order valence-electron chi connectivity index (χ3n) is 4.16. The minimum absolute atomic E-state index is 0.0401. The smallest absolute Gasteiger partial charge is 0.123 e. The van der Waals surface area contributed by atoms with Gasteiger partial charge in [0, 0.05) is 10.4 Å². The standard InChI is InChI=1S/C18H18BrN5S/c1-12-13(2)25-18(20-12)15-8-6-7-14(11-15)17-21-23(24(19)22-17)16-9-4-3-5-10-16/h3-11,17,21-22H,1-2H3. The highest BCUT2D eigenvalue weighted by molar-refractivity contribution is 9.07. The number of hydrogen-bond acceptors (Lipinski definition) is 6. The molecule has 0 spiro atoms. The highest BCUT2D eigenvalue weighted by Gasteiger charge is 2.29. The lowest BCUT2D eigenvalue weighted by Crippen LogP contribution is -2.38. The van der Waals surface area contributed by atoms with Gasteiger partial charge in [0.2, 0.25) is 0 Å². The monoisotopic (exact) mass is 415 g/mol. The van der Waals surface area contributed by atoms with Crippen LogP contribution >= 0.6 is 27.5 Å². The normalized spacial score (nSPS) is 18.0. The number of halogens is 1. The van der Waals surface area contributed by atoms with Gasteiger partial charge in [0.25, 0.3) is 0 Å². The molecule has 4 rings (SSSR count). The molecule has 1 fully saturated rings. The molecule has 1 saturated heterocycles. The van der Waals surface area contributed by atoms with Crippen molar-refractivity contribution < 1.29 is 0 Å². The SMILES string of the molecule is Cc1nc(-c2cccc(C3NN(Br)N(c4ccccc4)N3)c2)sc1C. The number of nitrogens with zero attached hydrogens (tertiary/aromatic N) is 3. The highest BCUT2D eigenvalue weighted by Crippen LogP contribution is 2.30. The maximum absolute atomic E-state index is 4.67. The molecule has 2 N–H and O–H groups in total. The Morgan fingerprint density at radius 3 is 2.56 bits per heavy atom. The number of thiazole rings is 1. The molecule has 0 saturated carbocycles. The zero-order chi connectivity index (χ0) is 17.4. The summed E-state index contributed by atoms with van der Waals surface area (Å²) < 4.78 is 1.78. The van der Waals surface area contributed by atoms with Crippen molar-refractivity contribution >= 4 is 33.2 Å². The van der Waals surface area contributed by atoms with Crippen LogP contribution < -0.4 is 16.0 Å². The Labute approximate surface area is 159 Å². The molecule has 1 aliphatic rings. The second kappa shape index (κ2) is 6.86. The van der Waals surface area contributed by atoms with Crippen molar-refractivity contribution in [3.05, 3.63) is 70.7 Å². The van der Waals surface area contributed by atoms with E-state index >= 15 is 0 Å². The number of para-hydroxylation sites is 1. The van der Waals surface area contributed by atoms with Gasteiger partial charge >= 0.3 is 0 Å². The van der Waals surface area contributed by atoms with Gasteiger partial charge in [-0.25, -0.2) is 15.5 Å². The molecule has 2 aromatic carbocycles. The van der Waals surface area contributed by atoms with Gasteiger partial charge in [-0.15, -0.1) is 11.3 Å². The van der Waals surface area contributed by atoms with Crippen molar-refractivity contribution in [3.8, 4) is 10.6 Å². The van der Waals surface area contributed by atoms with E-state index in [9.17, 15) is 0 Å². The molecule has 1 atom stereocenters. The minimum atomic E-state index is -0.0401. The van der Waals surface area contributed by atoms with E-state index in [1.54, 1.807) is 15.5 Å². The molecule has 1 aliphatic heterocycles. The first-order valence-corrected chi connectivity index (χ1v) is 9.52. The number of nitrogens with one attached hydrogen (secondary N) is 2. The highest BCUT2D eigenvalue weighted by atomic mass is 79.9. The molecule has 128 valence electrons. The molecule has 0 bridgehead atoms. The first-order valence-electron chi connectivity index (χ1n) is 7.99. The molecule has 7 heteroatoms. The zero-order valence-electron chi connectivity index (χ0n) is 13.9. The molecule has 0 radical (unpaired) electrons. The first kappa shape index (κ1) is 16.7. The number of anilines is 1. The number of benzene rings is 2. The van der Waals surface area contributed by atoms with Gasteiger partial charge in [0.1, 0.15) is 11.2 Å². The largest absolute Gasteiger partial charge is 0.241 e. The van der Waals surface area contributed by atoms with Crippen molar-refractivity contribution in [2.45, 2.75) is 20.0 Å². The fraction of sp³-hybridized carbons (Fsp3) is 0.167. The van der Waals surface area contributed by atoms with Crippen molar-refractivity contribution in [1.29, 1.82) is 0 Å². The predicted molar refractivity (Wildman–Crippen MR) is 106 cm³/mol. The van der Waals surface area contributed by atoms with E-state index in [0.717, 1.165) is 27.5 Å². The molecule has 5 nitrogen and oxygen atoms in total. The van der Waals surface area contributed by atoms with E-state index in [4.69, 9.17) is 0 Å². The molecular weight excluding hydrogens is 398 g/mol.